The Hall–Kier alpha value is -3.64. The van der Waals surface area contributed by atoms with Crippen LogP contribution < -0.4 is 24.8 Å². The molecule has 1 heterocycles. The van der Waals surface area contributed by atoms with Gasteiger partial charge in [0.25, 0.3) is 0 Å². The van der Waals surface area contributed by atoms with Crippen molar-refractivity contribution in [3.8, 4) is 23.0 Å². The van der Waals surface area contributed by atoms with Crippen LogP contribution in [0.4, 0.5) is 15.8 Å². The molecule has 1 aliphatic carbocycles. The Morgan fingerprint density at radius 2 is 1.65 bits per heavy atom. The second-order valence-corrected chi connectivity index (χ2v) is 11.1. The van der Waals surface area contributed by atoms with Gasteiger partial charge in [0.1, 0.15) is 11.2 Å². The molecule has 46 heavy (non-hydrogen) atoms. The molecule has 1 aliphatic rings. The quantitative estimate of drug-likeness (QED) is 0.0805. The summed E-state index contributed by atoms with van der Waals surface area (Å²) in [4.78, 5) is 41.0. The van der Waals surface area contributed by atoms with E-state index in [1.54, 1.807) is 42.5 Å². The summed E-state index contributed by atoms with van der Waals surface area (Å²) in [5, 5.41) is 15.2. The van der Waals surface area contributed by atoms with Crippen molar-refractivity contribution in [3.63, 3.8) is 0 Å². The predicted octanol–water partition coefficient (Wildman–Crippen LogP) is 6.29. The second kappa shape index (κ2) is 15.8. The number of nitrogens with one attached hydrogen (secondary N) is 2. The molecule has 2 amide bonds. The van der Waals surface area contributed by atoms with Crippen LogP contribution in [0, 0.1) is 11.2 Å². The number of aliphatic carboxylic acids is 1. The molecule has 0 unspecified atom stereocenters. The van der Waals surface area contributed by atoms with E-state index in [2.05, 4.69) is 15.6 Å². The van der Waals surface area contributed by atoms with Crippen molar-refractivity contribution in [2.24, 2.45) is 5.41 Å². The first-order valence-corrected chi connectivity index (χ1v) is 14.7. The number of nitrogens with zero attached hydrogens (tertiary/aromatic N) is 1. The van der Waals surface area contributed by atoms with Crippen LogP contribution in [0.5, 0.6) is 23.0 Å². The topological polar surface area (TPSA) is 136 Å². The third-order valence-electron chi connectivity index (χ3n) is 7.39. The molecule has 1 fully saturated rings. The molecule has 0 bridgehead atoms. The average Bonchev–Trinajstić information content (AvgIpc) is 3.82. The van der Waals surface area contributed by atoms with E-state index in [4.69, 9.17) is 30.9 Å². The monoisotopic (exact) mass is 677 g/mol. The number of carboxylic acids is 1. The van der Waals surface area contributed by atoms with Gasteiger partial charge >= 0.3 is 43.7 Å². The SMILES string of the molecule is COc1cc2c(Oc3ccc(NC(=O)C4(C(=O)Nc5cccc(Cl)c5)CC4)cc3F)ccnc2cc1OCCCCCC(=O)O.[CaH2]. The minimum absolute atomic E-state index is 0. The van der Waals surface area contributed by atoms with Crippen molar-refractivity contribution in [1.29, 1.82) is 0 Å². The number of anilines is 2. The van der Waals surface area contributed by atoms with Crippen LogP contribution in [-0.2, 0) is 14.4 Å². The molecule has 0 aliphatic heterocycles. The van der Waals surface area contributed by atoms with Crippen LogP contribution in [0.15, 0.2) is 66.9 Å². The van der Waals surface area contributed by atoms with E-state index < -0.39 is 29.0 Å². The first kappa shape index (κ1) is 35.2. The van der Waals surface area contributed by atoms with Gasteiger partial charge in [-0.2, -0.15) is 0 Å². The Morgan fingerprint density at radius 3 is 2.30 bits per heavy atom. The number of pyridine rings is 1. The van der Waals surface area contributed by atoms with Crippen molar-refractivity contribution >= 4 is 89.4 Å². The van der Waals surface area contributed by atoms with E-state index in [0.29, 0.717) is 77.6 Å². The van der Waals surface area contributed by atoms with Crippen molar-refractivity contribution in [3.05, 3.63) is 77.7 Å². The summed E-state index contributed by atoms with van der Waals surface area (Å²) in [6.07, 6.45) is 4.35. The van der Waals surface area contributed by atoms with Gasteiger partial charge in [-0.1, -0.05) is 17.7 Å². The summed E-state index contributed by atoms with van der Waals surface area (Å²) in [6, 6.07) is 15.6. The molecule has 1 saturated carbocycles. The molecule has 3 N–H and O–H groups in total. The number of methoxy groups -OCH3 is 1. The van der Waals surface area contributed by atoms with E-state index in [9.17, 15) is 14.4 Å². The van der Waals surface area contributed by atoms with Gasteiger partial charge in [0, 0.05) is 46.5 Å². The Labute approximate surface area is 299 Å². The molecule has 0 radical (unpaired) electrons. The van der Waals surface area contributed by atoms with E-state index in [1.165, 1.54) is 25.4 Å². The third-order valence-corrected chi connectivity index (χ3v) is 7.63. The molecule has 238 valence electrons. The Balaban J connectivity index is 0.00000480. The first-order chi connectivity index (χ1) is 21.7. The van der Waals surface area contributed by atoms with Gasteiger partial charge in [-0.05, 0) is 74.6 Å². The number of carbonyl (C=O) groups is 3. The van der Waals surface area contributed by atoms with Gasteiger partial charge in [0.05, 0.1) is 19.2 Å². The number of hydrogen-bond acceptors (Lipinski definition) is 7. The zero-order valence-corrected chi connectivity index (χ0v) is 25.2. The van der Waals surface area contributed by atoms with Crippen LogP contribution in [0.1, 0.15) is 38.5 Å². The van der Waals surface area contributed by atoms with Gasteiger partial charge in [0.15, 0.2) is 23.1 Å². The first-order valence-electron chi connectivity index (χ1n) is 14.4. The van der Waals surface area contributed by atoms with Gasteiger partial charge in [-0.3, -0.25) is 19.4 Å². The maximum absolute atomic E-state index is 15.2. The fourth-order valence-electron chi connectivity index (χ4n) is 4.76. The van der Waals surface area contributed by atoms with Gasteiger partial charge in [-0.15, -0.1) is 0 Å². The molecule has 1 aromatic heterocycles. The third kappa shape index (κ3) is 8.58. The van der Waals surface area contributed by atoms with E-state index in [1.807, 2.05) is 0 Å². The molecule has 13 heteroatoms. The Kier molecular flexibility index (Phi) is 12.1. The number of rotatable bonds is 14. The van der Waals surface area contributed by atoms with Gasteiger partial charge < -0.3 is 30.0 Å². The number of aromatic nitrogens is 1. The number of benzene rings is 3. The van der Waals surface area contributed by atoms with Gasteiger partial charge in [0.2, 0.25) is 11.8 Å². The van der Waals surface area contributed by atoms with Crippen LogP contribution in [0.3, 0.4) is 0 Å². The number of unbranched alkanes of at least 4 members (excludes halogenated alkanes) is 2. The van der Waals surface area contributed by atoms with Crippen LogP contribution in [0.25, 0.3) is 10.9 Å². The van der Waals surface area contributed by atoms with E-state index in [0.717, 1.165) is 6.07 Å². The van der Waals surface area contributed by atoms with Crippen LogP contribution in [-0.4, -0.2) is 79.3 Å². The molecule has 0 atom stereocenters. The molecule has 4 aromatic rings. The number of ether oxygens (including phenoxy) is 3. The zero-order chi connectivity index (χ0) is 32.0. The molecule has 0 spiro atoms. The Bertz CT molecular complexity index is 1750. The van der Waals surface area contributed by atoms with E-state index in [-0.39, 0.29) is 55.6 Å². The number of hydrogen-bond donors (Lipinski definition) is 3. The Morgan fingerprint density at radius 1 is 0.913 bits per heavy atom. The molecule has 5 rings (SSSR count). The fourth-order valence-corrected chi connectivity index (χ4v) is 4.95. The van der Waals surface area contributed by atoms with Crippen LogP contribution in [0.2, 0.25) is 5.02 Å². The number of amides is 2. The predicted molar refractivity (Wildman–Crippen MR) is 175 cm³/mol. The normalized spacial score (nSPS) is 12.8. The summed E-state index contributed by atoms with van der Waals surface area (Å²) < 4.78 is 32.5. The van der Waals surface area contributed by atoms with Crippen LogP contribution >= 0.6 is 11.6 Å². The summed E-state index contributed by atoms with van der Waals surface area (Å²) in [5.41, 5.74) is -0.0534. The maximum atomic E-state index is 15.2. The molecular weight excluding hydrogens is 645 g/mol. The number of carboxylic acid groups (broad SMARTS) is 1. The summed E-state index contributed by atoms with van der Waals surface area (Å²) in [7, 11) is 1.50. The van der Waals surface area contributed by atoms with Crippen molar-refractivity contribution < 1.29 is 38.1 Å². The van der Waals surface area contributed by atoms with Gasteiger partial charge in [-0.25, -0.2) is 4.39 Å². The minimum atomic E-state index is -1.24. The molecule has 10 nitrogen and oxygen atoms in total. The summed E-state index contributed by atoms with van der Waals surface area (Å²) in [5.74, 6) is -1.39. The standard InChI is InChI=1S/C33H31ClFN3O7.Ca.2H/c1-43-28-18-23-25(19-29(28)44-15-4-2-3-8-30(39)40)36-14-11-26(23)45-27-10-9-22(17-24(27)35)38-32(42)33(12-13-33)31(41)37-21-7-5-6-20(34)16-21;;;/h5-7,9-11,14,16-19H,2-4,8,12-13,15H2,1H3,(H,37,41)(H,38,42)(H,39,40);;;. The van der Waals surface area contributed by atoms with E-state index >= 15 is 4.39 Å². The number of carbonyl (C=O) groups excluding carboxylic acids is 2. The summed E-state index contributed by atoms with van der Waals surface area (Å²) >= 11 is 5.99. The summed E-state index contributed by atoms with van der Waals surface area (Å²) in [6.45, 7) is 0.374. The molecular formula is C33H33CaClFN3O7. The average molecular weight is 678 g/mol. The number of halogens is 2. The zero-order valence-electron chi connectivity index (χ0n) is 24.4. The molecule has 0 saturated heterocycles. The van der Waals surface area contributed by atoms with Crippen molar-refractivity contribution in [2.75, 3.05) is 24.4 Å². The second-order valence-electron chi connectivity index (χ2n) is 10.6. The fraction of sp³-hybridized carbons (Fsp3) is 0.273. The van der Waals surface area contributed by atoms with Crippen molar-refractivity contribution in [1.82, 2.24) is 4.98 Å². The molecule has 3 aromatic carbocycles. The number of fused-ring (bicyclic) bond motifs is 1. The van der Waals surface area contributed by atoms with Crippen molar-refractivity contribution in [2.45, 2.75) is 38.5 Å².